The largest absolute Gasteiger partial charge is 0.331 e. The molecule has 94 valence electrons. The number of pyridine rings is 1. The van der Waals surface area contributed by atoms with E-state index in [2.05, 4.69) is 31.2 Å². The highest BCUT2D eigenvalue weighted by Crippen LogP contribution is 2.23. The maximum atomic E-state index is 11.9. The highest BCUT2D eigenvalue weighted by atomic mass is 79.9. The molecule has 0 unspecified atom stereocenters. The molecule has 1 N–H and O–H groups in total. The van der Waals surface area contributed by atoms with Crippen molar-refractivity contribution in [1.82, 2.24) is 9.97 Å². The molecular weight excluding hydrogens is 326 g/mol. The summed E-state index contributed by atoms with van der Waals surface area (Å²) in [5.74, 6) is 0. The first-order chi connectivity index (χ1) is 9.22. The van der Waals surface area contributed by atoms with Crippen molar-refractivity contribution in [2.45, 2.75) is 0 Å². The monoisotopic (exact) mass is 333 g/mol. The van der Waals surface area contributed by atoms with Crippen LogP contribution in [0.4, 0.5) is 10.8 Å². The highest BCUT2D eigenvalue weighted by molar-refractivity contribution is 9.10. The fourth-order valence-corrected chi connectivity index (χ4v) is 2.90. The Hall–Kier alpha value is -1.79. The van der Waals surface area contributed by atoms with Crippen LogP contribution >= 0.6 is 27.3 Å². The zero-order chi connectivity index (χ0) is 13.2. The minimum absolute atomic E-state index is 0.264. The van der Waals surface area contributed by atoms with Gasteiger partial charge < -0.3 is 5.32 Å². The number of rotatable bonds is 2. The van der Waals surface area contributed by atoms with E-state index in [1.165, 1.54) is 11.3 Å². The Kier molecular flexibility index (Phi) is 3.27. The number of nitrogens with zero attached hydrogens (tertiary/aromatic N) is 2. The number of aromatic nitrogens is 2. The number of nitrogens with one attached hydrogen (secondary N) is 1. The zero-order valence-corrected chi connectivity index (χ0v) is 12.0. The van der Waals surface area contributed by atoms with E-state index in [-0.39, 0.29) is 5.56 Å². The second-order valence-corrected chi connectivity index (χ2v) is 5.71. The second-order valence-electron chi connectivity index (χ2n) is 3.82. The molecule has 0 aliphatic rings. The SMILES string of the molecule is O=c1nc(Nc2cccc(Br)c2)sc2ncccc12. The third-order valence-electron chi connectivity index (χ3n) is 2.47. The summed E-state index contributed by atoms with van der Waals surface area (Å²) in [6, 6.07) is 11.1. The average Bonchev–Trinajstić information content (AvgIpc) is 2.39. The lowest BCUT2D eigenvalue weighted by molar-refractivity contribution is 1.29. The van der Waals surface area contributed by atoms with Crippen LogP contribution in [0.2, 0.25) is 0 Å². The van der Waals surface area contributed by atoms with Gasteiger partial charge in [-0.2, -0.15) is 4.98 Å². The van der Waals surface area contributed by atoms with Crippen LogP contribution in [-0.2, 0) is 0 Å². The van der Waals surface area contributed by atoms with E-state index in [1.807, 2.05) is 24.3 Å². The van der Waals surface area contributed by atoms with Gasteiger partial charge in [-0.05, 0) is 30.3 Å². The van der Waals surface area contributed by atoms with Crippen molar-refractivity contribution in [2.24, 2.45) is 0 Å². The van der Waals surface area contributed by atoms with Crippen molar-refractivity contribution < 1.29 is 0 Å². The third-order valence-corrected chi connectivity index (χ3v) is 3.87. The molecule has 0 radical (unpaired) electrons. The van der Waals surface area contributed by atoms with Crippen LogP contribution in [0.25, 0.3) is 10.2 Å². The van der Waals surface area contributed by atoms with Crippen LogP contribution in [-0.4, -0.2) is 9.97 Å². The quantitative estimate of drug-likeness (QED) is 0.779. The van der Waals surface area contributed by atoms with Gasteiger partial charge in [0.2, 0.25) is 0 Å². The lowest BCUT2D eigenvalue weighted by Crippen LogP contribution is -2.07. The Morgan fingerprint density at radius 1 is 1.21 bits per heavy atom. The average molecular weight is 334 g/mol. The minimum atomic E-state index is -0.264. The Balaban J connectivity index is 2.04. The van der Waals surface area contributed by atoms with Crippen LogP contribution in [0.1, 0.15) is 0 Å². The molecule has 0 saturated carbocycles. The topological polar surface area (TPSA) is 54.9 Å². The first kappa shape index (κ1) is 12.3. The van der Waals surface area contributed by atoms with E-state index >= 15 is 0 Å². The van der Waals surface area contributed by atoms with Gasteiger partial charge in [-0.15, -0.1) is 0 Å². The van der Waals surface area contributed by atoms with Crippen LogP contribution in [0, 0.1) is 0 Å². The fourth-order valence-electron chi connectivity index (χ4n) is 1.64. The minimum Gasteiger partial charge on any atom is -0.331 e. The lowest BCUT2D eigenvalue weighted by atomic mass is 10.3. The maximum Gasteiger partial charge on any atom is 0.282 e. The molecule has 19 heavy (non-hydrogen) atoms. The van der Waals surface area contributed by atoms with Crippen LogP contribution in [0.15, 0.2) is 51.9 Å². The summed E-state index contributed by atoms with van der Waals surface area (Å²) in [4.78, 5) is 20.8. The van der Waals surface area contributed by atoms with Crippen molar-refractivity contribution in [1.29, 1.82) is 0 Å². The van der Waals surface area contributed by atoms with Gasteiger partial charge in [0, 0.05) is 16.4 Å². The maximum absolute atomic E-state index is 11.9. The van der Waals surface area contributed by atoms with Gasteiger partial charge in [0.05, 0.1) is 5.39 Å². The van der Waals surface area contributed by atoms with E-state index in [9.17, 15) is 4.79 Å². The van der Waals surface area contributed by atoms with E-state index < -0.39 is 0 Å². The summed E-state index contributed by atoms with van der Waals surface area (Å²) >= 11 is 4.75. The first-order valence-electron chi connectivity index (χ1n) is 5.51. The lowest BCUT2D eigenvalue weighted by Gasteiger charge is -2.05. The third kappa shape index (κ3) is 2.64. The van der Waals surface area contributed by atoms with Gasteiger partial charge in [0.15, 0.2) is 5.13 Å². The number of halogens is 1. The molecule has 0 spiro atoms. The van der Waals surface area contributed by atoms with E-state index in [1.54, 1.807) is 18.3 Å². The summed E-state index contributed by atoms with van der Waals surface area (Å²) in [6.07, 6.45) is 1.67. The molecule has 0 aliphatic carbocycles. The van der Waals surface area contributed by atoms with E-state index in [0.29, 0.717) is 15.3 Å². The molecule has 0 fully saturated rings. The molecule has 0 saturated heterocycles. The molecule has 0 bridgehead atoms. The summed E-state index contributed by atoms with van der Waals surface area (Å²) in [6.45, 7) is 0. The Morgan fingerprint density at radius 2 is 2.11 bits per heavy atom. The van der Waals surface area contributed by atoms with Crippen LogP contribution in [0.5, 0.6) is 0 Å². The summed E-state index contributed by atoms with van der Waals surface area (Å²) in [5, 5.41) is 4.20. The second kappa shape index (κ2) is 5.07. The van der Waals surface area contributed by atoms with Crippen molar-refractivity contribution in [3.05, 3.63) is 57.4 Å². The first-order valence-corrected chi connectivity index (χ1v) is 7.12. The fraction of sp³-hybridized carbons (Fsp3) is 0. The van der Waals surface area contributed by atoms with Crippen LogP contribution in [0.3, 0.4) is 0 Å². The van der Waals surface area contributed by atoms with E-state index in [4.69, 9.17) is 0 Å². The van der Waals surface area contributed by atoms with Crippen molar-refractivity contribution in [3.63, 3.8) is 0 Å². The molecular formula is C13H8BrN3OS. The van der Waals surface area contributed by atoms with Crippen molar-refractivity contribution in [3.8, 4) is 0 Å². The summed E-state index contributed by atoms with van der Waals surface area (Å²) < 4.78 is 0.962. The van der Waals surface area contributed by atoms with Gasteiger partial charge in [0.25, 0.3) is 5.56 Å². The van der Waals surface area contributed by atoms with Gasteiger partial charge in [-0.25, -0.2) is 4.98 Å². The number of benzene rings is 1. The number of hydrogen-bond acceptors (Lipinski definition) is 5. The predicted molar refractivity (Wildman–Crippen MR) is 81.1 cm³/mol. The molecule has 0 amide bonds. The predicted octanol–water partition coefficient (Wildman–Crippen LogP) is 3.56. The molecule has 6 heteroatoms. The highest BCUT2D eigenvalue weighted by Gasteiger charge is 2.05. The smallest absolute Gasteiger partial charge is 0.282 e. The summed E-state index contributed by atoms with van der Waals surface area (Å²) in [5.41, 5.74) is 0.604. The molecule has 4 nitrogen and oxygen atoms in total. The van der Waals surface area contributed by atoms with Crippen molar-refractivity contribution in [2.75, 3.05) is 5.32 Å². The molecule has 3 aromatic rings. The number of hydrogen-bond donors (Lipinski definition) is 1. The Morgan fingerprint density at radius 3 is 2.95 bits per heavy atom. The Labute approximate surface area is 121 Å². The van der Waals surface area contributed by atoms with Crippen molar-refractivity contribution >= 4 is 48.3 Å². The molecule has 0 aliphatic heterocycles. The Bertz CT molecular complexity index is 803. The standard InChI is InChI=1S/C13H8BrN3OS/c14-8-3-1-4-9(7-8)16-13-17-11(18)10-5-2-6-15-12(10)19-13/h1-7H,(H,16,17,18). The number of anilines is 2. The normalized spacial score (nSPS) is 10.6. The van der Waals surface area contributed by atoms with E-state index in [0.717, 1.165) is 10.2 Å². The molecule has 2 heterocycles. The number of fused-ring (bicyclic) bond motifs is 1. The zero-order valence-electron chi connectivity index (χ0n) is 9.63. The van der Waals surface area contributed by atoms with Gasteiger partial charge in [-0.3, -0.25) is 4.79 Å². The van der Waals surface area contributed by atoms with Gasteiger partial charge in [0.1, 0.15) is 4.83 Å². The molecule has 1 aromatic carbocycles. The summed E-state index contributed by atoms with van der Waals surface area (Å²) in [7, 11) is 0. The molecule has 3 rings (SSSR count). The molecule has 2 aromatic heterocycles. The van der Waals surface area contributed by atoms with Crippen LogP contribution < -0.4 is 10.9 Å². The van der Waals surface area contributed by atoms with Gasteiger partial charge in [-0.1, -0.05) is 33.3 Å². The van der Waals surface area contributed by atoms with Gasteiger partial charge >= 0.3 is 0 Å². The molecule has 0 atom stereocenters.